The highest BCUT2D eigenvalue weighted by Gasteiger charge is 2.29. The number of ether oxygens (including phenoxy) is 1. The maximum atomic E-state index is 12.9. The second-order valence-corrected chi connectivity index (χ2v) is 5.70. The summed E-state index contributed by atoms with van der Waals surface area (Å²) in [6, 6.07) is 18.1. The van der Waals surface area contributed by atoms with Gasteiger partial charge >= 0.3 is 0 Å². The van der Waals surface area contributed by atoms with Crippen LogP contribution in [0.15, 0.2) is 54.6 Å². The highest BCUT2D eigenvalue weighted by molar-refractivity contribution is 5.97. The van der Waals surface area contributed by atoms with Gasteiger partial charge in [0.15, 0.2) is 0 Å². The summed E-state index contributed by atoms with van der Waals surface area (Å²) in [5.74, 6) is 0.0654. The van der Waals surface area contributed by atoms with Crippen molar-refractivity contribution in [1.29, 1.82) is 0 Å². The molecule has 2 aromatic rings. The molecular formula is C19H21NO2. The fraction of sp³-hybridized carbons (Fsp3) is 0.316. The largest absolute Gasteiger partial charge is 0.368 e. The Kier molecular flexibility index (Phi) is 4.54. The van der Waals surface area contributed by atoms with Crippen LogP contribution in [0.3, 0.4) is 0 Å². The lowest BCUT2D eigenvalue weighted by Gasteiger charge is -2.27. The molecule has 1 atom stereocenters. The number of nitrogens with zero attached hydrogens (tertiary/aromatic N) is 1. The van der Waals surface area contributed by atoms with Gasteiger partial charge in [0.25, 0.3) is 5.91 Å². The third-order valence-electron chi connectivity index (χ3n) is 4.06. The smallest absolute Gasteiger partial charge is 0.256 e. The Morgan fingerprint density at radius 3 is 2.55 bits per heavy atom. The quantitative estimate of drug-likeness (QED) is 0.860. The molecule has 114 valence electrons. The van der Waals surface area contributed by atoms with Crippen molar-refractivity contribution in [3.8, 4) is 0 Å². The maximum absolute atomic E-state index is 12.9. The lowest BCUT2D eigenvalue weighted by molar-refractivity contribution is -0.127. The summed E-state index contributed by atoms with van der Waals surface area (Å²) >= 11 is 0. The van der Waals surface area contributed by atoms with E-state index in [-0.39, 0.29) is 12.0 Å². The molecule has 0 aliphatic carbocycles. The fourth-order valence-electron chi connectivity index (χ4n) is 2.86. The van der Waals surface area contributed by atoms with Gasteiger partial charge in [0.1, 0.15) is 6.10 Å². The van der Waals surface area contributed by atoms with Crippen molar-refractivity contribution >= 4 is 11.6 Å². The van der Waals surface area contributed by atoms with Crippen LogP contribution in [0.25, 0.3) is 0 Å². The van der Waals surface area contributed by atoms with Crippen LogP contribution < -0.4 is 4.90 Å². The van der Waals surface area contributed by atoms with Crippen molar-refractivity contribution in [2.24, 2.45) is 0 Å². The van der Waals surface area contributed by atoms with E-state index in [1.54, 1.807) is 0 Å². The molecule has 1 amide bonds. The molecule has 1 fully saturated rings. The lowest BCUT2D eigenvalue weighted by Crippen LogP contribution is -2.39. The minimum atomic E-state index is -0.302. The first-order valence-corrected chi connectivity index (χ1v) is 7.78. The van der Waals surface area contributed by atoms with Gasteiger partial charge in [0.05, 0.1) is 6.54 Å². The molecule has 1 saturated heterocycles. The summed E-state index contributed by atoms with van der Waals surface area (Å²) in [5.41, 5.74) is 3.19. The SMILES string of the molecule is Cc1ccccc1N(Cc1ccccc1)C(=O)[C@H]1CCCO1. The minimum absolute atomic E-state index is 0.0654. The predicted octanol–water partition coefficient (Wildman–Crippen LogP) is 3.71. The molecule has 1 heterocycles. The van der Waals surface area contributed by atoms with Crippen molar-refractivity contribution in [1.82, 2.24) is 0 Å². The summed E-state index contributed by atoms with van der Waals surface area (Å²) < 4.78 is 5.60. The molecule has 3 heteroatoms. The number of hydrogen-bond donors (Lipinski definition) is 0. The molecule has 0 saturated carbocycles. The number of aryl methyl sites for hydroxylation is 1. The highest BCUT2D eigenvalue weighted by atomic mass is 16.5. The summed E-state index contributed by atoms with van der Waals surface area (Å²) in [5, 5.41) is 0. The topological polar surface area (TPSA) is 29.5 Å². The Labute approximate surface area is 131 Å². The van der Waals surface area contributed by atoms with Crippen molar-refractivity contribution in [3.63, 3.8) is 0 Å². The van der Waals surface area contributed by atoms with Crippen LogP contribution >= 0.6 is 0 Å². The van der Waals surface area contributed by atoms with E-state index in [0.717, 1.165) is 29.7 Å². The molecular weight excluding hydrogens is 274 g/mol. The van der Waals surface area contributed by atoms with Crippen LogP contribution in [0.2, 0.25) is 0 Å². The zero-order chi connectivity index (χ0) is 15.4. The number of carbonyl (C=O) groups is 1. The predicted molar refractivity (Wildman–Crippen MR) is 87.8 cm³/mol. The fourth-order valence-corrected chi connectivity index (χ4v) is 2.86. The van der Waals surface area contributed by atoms with E-state index in [1.807, 2.05) is 66.4 Å². The molecule has 0 bridgehead atoms. The minimum Gasteiger partial charge on any atom is -0.368 e. The molecule has 0 radical (unpaired) electrons. The van der Waals surface area contributed by atoms with Gasteiger partial charge in [-0.25, -0.2) is 0 Å². The van der Waals surface area contributed by atoms with E-state index < -0.39 is 0 Å². The molecule has 0 N–H and O–H groups in total. The van der Waals surface area contributed by atoms with E-state index in [1.165, 1.54) is 0 Å². The Morgan fingerprint density at radius 2 is 1.86 bits per heavy atom. The molecule has 0 unspecified atom stereocenters. The third kappa shape index (κ3) is 3.20. The molecule has 1 aliphatic heterocycles. The highest BCUT2D eigenvalue weighted by Crippen LogP contribution is 2.25. The van der Waals surface area contributed by atoms with Crippen LogP contribution in [-0.4, -0.2) is 18.6 Å². The second-order valence-electron chi connectivity index (χ2n) is 5.70. The van der Waals surface area contributed by atoms with Crippen molar-refractivity contribution in [2.45, 2.75) is 32.4 Å². The number of benzene rings is 2. The molecule has 2 aromatic carbocycles. The van der Waals surface area contributed by atoms with Gasteiger partial charge in [0.2, 0.25) is 0 Å². The van der Waals surface area contributed by atoms with Crippen molar-refractivity contribution in [3.05, 3.63) is 65.7 Å². The lowest BCUT2D eigenvalue weighted by atomic mass is 10.1. The first-order chi connectivity index (χ1) is 10.8. The zero-order valence-corrected chi connectivity index (χ0v) is 12.9. The van der Waals surface area contributed by atoms with Crippen molar-refractivity contribution in [2.75, 3.05) is 11.5 Å². The Hall–Kier alpha value is -2.13. The number of amides is 1. The van der Waals surface area contributed by atoms with E-state index >= 15 is 0 Å². The third-order valence-corrected chi connectivity index (χ3v) is 4.06. The maximum Gasteiger partial charge on any atom is 0.256 e. The van der Waals surface area contributed by atoms with Gasteiger partial charge in [-0.05, 0) is 37.0 Å². The number of para-hydroxylation sites is 1. The molecule has 3 nitrogen and oxygen atoms in total. The number of hydrogen-bond acceptors (Lipinski definition) is 2. The van der Waals surface area contributed by atoms with E-state index in [9.17, 15) is 4.79 Å². The van der Waals surface area contributed by atoms with Gasteiger partial charge in [-0.1, -0.05) is 48.5 Å². The average molecular weight is 295 g/mol. The van der Waals surface area contributed by atoms with Gasteiger partial charge in [-0.2, -0.15) is 0 Å². The van der Waals surface area contributed by atoms with Crippen LogP contribution in [0, 0.1) is 6.92 Å². The summed E-state index contributed by atoms with van der Waals surface area (Å²) in [6.45, 7) is 3.30. The van der Waals surface area contributed by atoms with Crippen molar-refractivity contribution < 1.29 is 9.53 Å². The second kappa shape index (κ2) is 6.75. The summed E-state index contributed by atoms with van der Waals surface area (Å²) in [4.78, 5) is 14.8. The number of anilines is 1. The normalized spacial score (nSPS) is 17.4. The first-order valence-electron chi connectivity index (χ1n) is 7.78. The van der Waals surface area contributed by atoms with Gasteiger partial charge < -0.3 is 9.64 Å². The molecule has 0 aromatic heterocycles. The number of carbonyl (C=O) groups excluding carboxylic acids is 1. The zero-order valence-electron chi connectivity index (χ0n) is 12.9. The summed E-state index contributed by atoms with van der Waals surface area (Å²) in [7, 11) is 0. The standard InChI is InChI=1S/C19H21NO2/c1-15-8-5-6-11-17(15)20(14-16-9-3-2-4-10-16)19(21)18-12-7-13-22-18/h2-6,8-11,18H,7,12-14H2,1H3/t18-/m1/s1. The molecule has 1 aliphatic rings. The van der Waals surface area contributed by atoms with Crippen LogP contribution in [0.1, 0.15) is 24.0 Å². The Balaban J connectivity index is 1.91. The van der Waals surface area contributed by atoms with Gasteiger partial charge in [0, 0.05) is 12.3 Å². The molecule has 3 rings (SSSR count). The monoisotopic (exact) mass is 295 g/mol. The average Bonchev–Trinajstić information content (AvgIpc) is 3.08. The van der Waals surface area contributed by atoms with Crippen LogP contribution in [-0.2, 0) is 16.1 Å². The summed E-state index contributed by atoms with van der Waals surface area (Å²) in [6.07, 6.45) is 1.47. The Bertz CT molecular complexity index is 633. The number of rotatable bonds is 4. The first kappa shape index (κ1) is 14.8. The van der Waals surface area contributed by atoms with Crippen LogP contribution in [0.4, 0.5) is 5.69 Å². The Morgan fingerprint density at radius 1 is 1.14 bits per heavy atom. The van der Waals surface area contributed by atoms with Crippen LogP contribution in [0.5, 0.6) is 0 Å². The van der Waals surface area contributed by atoms with Gasteiger partial charge in [-0.3, -0.25) is 4.79 Å². The van der Waals surface area contributed by atoms with E-state index in [2.05, 4.69) is 0 Å². The molecule has 0 spiro atoms. The molecule has 22 heavy (non-hydrogen) atoms. The van der Waals surface area contributed by atoms with E-state index in [0.29, 0.717) is 13.2 Å². The van der Waals surface area contributed by atoms with Gasteiger partial charge in [-0.15, -0.1) is 0 Å². The van der Waals surface area contributed by atoms with E-state index in [4.69, 9.17) is 4.74 Å².